The van der Waals surface area contributed by atoms with Gasteiger partial charge in [0, 0.05) is 27.7 Å². The lowest BCUT2D eigenvalue weighted by Gasteiger charge is -2.14. The molecule has 6 heteroatoms. The molecule has 2 rings (SSSR count). The van der Waals surface area contributed by atoms with E-state index in [4.69, 9.17) is 9.47 Å². The van der Waals surface area contributed by atoms with Crippen molar-refractivity contribution in [3.05, 3.63) is 30.0 Å². The van der Waals surface area contributed by atoms with Crippen molar-refractivity contribution in [3.63, 3.8) is 0 Å². The maximum atomic E-state index is 12.0. The summed E-state index contributed by atoms with van der Waals surface area (Å²) < 4.78 is 10.3. The van der Waals surface area contributed by atoms with Crippen LogP contribution < -0.4 is 0 Å². The van der Waals surface area contributed by atoms with E-state index in [1.807, 2.05) is 18.2 Å². The average Bonchev–Trinajstić information content (AvgIpc) is 3.12. The van der Waals surface area contributed by atoms with Crippen LogP contribution in [-0.4, -0.2) is 36.4 Å². The van der Waals surface area contributed by atoms with Crippen LogP contribution in [0, 0.1) is 5.92 Å². The number of rotatable bonds is 11. The highest BCUT2D eigenvalue weighted by atomic mass is 32.2. The second kappa shape index (κ2) is 11.0. The summed E-state index contributed by atoms with van der Waals surface area (Å²) in [5.41, 5.74) is 1.39. The summed E-state index contributed by atoms with van der Waals surface area (Å²) in [5, 5.41) is 0.841. The van der Waals surface area contributed by atoms with Gasteiger partial charge in [-0.05, 0) is 24.5 Å². The van der Waals surface area contributed by atoms with Crippen molar-refractivity contribution in [3.8, 4) is 0 Å². The third-order valence-electron chi connectivity index (χ3n) is 4.66. The van der Waals surface area contributed by atoms with E-state index in [2.05, 4.69) is 18.8 Å². The number of nitrogens with one attached hydrogen (secondary N) is 1. The molecular weight excluding hydrogens is 362 g/mol. The molecular formula is C21H29NO4S. The van der Waals surface area contributed by atoms with E-state index in [1.165, 1.54) is 20.0 Å². The minimum absolute atomic E-state index is 0.160. The van der Waals surface area contributed by atoms with Crippen LogP contribution in [0.25, 0.3) is 10.9 Å². The molecule has 1 heterocycles. The largest absolute Gasteiger partial charge is 0.465 e. The molecule has 0 amide bonds. The van der Waals surface area contributed by atoms with Crippen LogP contribution in [0.4, 0.5) is 0 Å². The van der Waals surface area contributed by atoms with Crippen LogP contribution in [-0.2, 0) is 14.3 Å². The summed E-state index contributed by atoms with van der Waals surface area (Å²) in [7, 11) is 1.37. The highest BCUT2D eigenvalue weighted by Gasteiger charge is 2.16. The zero-order valence-electron chi connectivity index (χ0n) is 16.4. The molecule has 0 aliphatic carbocycles. The predicted molar refractivity (Wildman–Crippen MR) is 109 cm³/mol. The summed E-state index contributed by atoms with van der Waals surface area (Å²) in [6.07, 6.45) is 6.50. The summed E-state index contributed by atoms with van der Waals surface area (Å²) >= 11 is 1.55. The van der Waals surface area contributed by atoms with Gasteiger partial charge in [0.1, 0.15) is 0 Å². The SMILES string of the molecule is CCCCC(CC)COC(=O)CCSc1cccc2[nH]cc(C(=O)OC)c12. The van der Waals surface area contributed by atoms with Gasteiger partial charge in [-0.3, -0.25) is 4.79 Å². The minimum atomic E-state index is -0.369. The molecule has 1 N–H and O–H groups in total. The van der Waals surface area contributed by atoms with Crippen molar-refractivity contribution in [2.24, 2.45) is 5.92 Å². The van der Waals surface area contributed by atoms with Gasteiger partial charge in [-0.1, -0.05) is 39.2 Å². The molecule has 1 atom stereocenters. The molecule has 0 bridgehead atoms. The molecule has 2 aromatic rings. The number of thioether (sulfide) groups is 1. The van der Waals surface area contributed by atoms with E-state index in [9.17, 15) is 9.59 Å². The molecule has 0 saturated carbocycles. The van der Waals surface area contributed by atoms with Crippen LogP contribution in [0.15, 0.2) is 29.3 Å². The molecule has 5 nitrogen and oxygen atoms in total. The number of benzene rings is 1. The number of methoxy groups -OCH3 is 1. The van der Waals surface area contributed by atoms with Gasteiger partial charge in [-0.2, -0.15) is 0 Å². The first-order valence-corrected chi connectivity index (χ1v) is 10.6. The summed E-state index contributed by atoms with van der Waals surface area (Å²) in [5.74, 6) is 0.534. The molecule has 148 valence electrons. The van der Waals surface area contributed by atoms with Gasteiger partial charge in [0.15, 0.2) is 0 Å². The van der Waals surface area contributed by atoms with E-state index in [1.54, 1.807) is 18.0 Å². The molecule has 0 saturated heterocycles. The molecule has 0 radical (unpaired) electrons. The predicted octanol–water partition coefficient (Wildman–Crippen LogP) is 5.20. The number of carbonyl (C=O) groups excluding carboxylic acids is 2. The number of aromatic amines is 1. The Morgan fingerprint density at radius 3 is 2.78 bits per heavy atom. The minimum Gasteiger partial charge on any atom is -0.465 e. The fourth-order valence-corrected chi connectivity index (χ4v) is 4.00. The third-order valence-corrected chi connectivity index (χ3v) is 5.72. The van der Waals surface area contributed by atoms with Crippen LogP contribution in [0.1, 0.15) is 56.3 Å². The quantitative estimate of drug-likeness (QED) is 0.421. The average molecular weight is 392 g/mol. The summed E-state index contributed by atoms with van der Waals surface area (Å²) in [4.78, 5) is 28.0. The number of hydrogen-bond acceptors (Lipinski definition) is 5. The van der Waals surface area contributed by atoms with Gasteiger partial charge in [0.25, 0.3) is 0 Å². The molecule has 0 spiro atoms. The van der Waals surface area contributed by atoms with E-state index in [0.717, 1.165) is 28.6 Å². The van der Waals surface area contributed by atoms with E-state index >= 15 is 0 Å². The monoisotopic (exact) mass is 391 g/mol. The Labute approximate surface area is 165 Å². The molecule has 1 aromatic carbocycles. The highest BCUT2D eigenvalue weighted by Crippen LogP contribution is 2.31. The second-order valence-corrected chi connectivity index (χ2v) is 7.71. The van der Waals surface area contributed by atoms with Crippen LogP contribution >= 0.6 is 11.8 Å². The van der Waals surface area contributed by atoms with Crippen LogP contribution in [0.5, 0.6) is 0 Å². The Morgan fingerprint density at radius 2 is 2.07 bits per heavy atom. The Morgan fingerprint density at radius 1 is 1.26 bits per heavy atom. The number of aromatic nitrogens is 1. The van der Waals surface area contributed by atoms with E-state index in [-0.39, 0.29) is 11.9 Å². The molecule has 0 aliphatic heterocycles. The van der Waals surface area contributed by atoms with Crippen LogP contribution in [0.3, 0.4) is 0 Å². The number of ether oxygens (including phenoxy) is 2. The fourth-order valence-electron chi connectivity index (χ4n) is 2.97. The van der Waals surface area contributed by atoms with Gasteiger partial charge >= 0.3 is 11.9 Å². The lowest BCUT2D eigenvalue weighted by molar-refractivity contribution is -0.144. The van der Waals surface area contributed by atoms with Gasteiger partial charge < -0.3 is 14.5 Å². The Kier molecular flexibility index (Phi) is 8.72. The van der Waals surface area contributed by atoms with Crippen molar-refractivity contribution in [1.82, 2.24) is 4.98 Å². The van der Waals surface area contributed by atoms with Crippen molar-refractivity contribution in [1.29, 1.82) is 0 Å². The van der Waals surface area contributed by atoms with Crippen molar-refractivity contribution < 1.29 is 19.1 Å². The van der Waals surface area contributed by atoms with E-state index in [0.29, 0.717) is 30.3 Å². The molecule has 0 fully saturated rings. The molecule has 1 unspecified atom stereocenters. The number of H-pyrrole nitrogens is 1. The van der Waals surface area contributed by atoms with Gasteiger partial charge in [0.05, 0.1) is 25.7 Å². The maximum Gasteiger partial charge on any atom is 0.340 e. The van der Waals surface area contributed by atoms with Crippen molar-refractivity contribution in [2.45, 2.75) is 50.8 Å². The maximum absolute atomic E-state index is 12.0. The Bertz CT molecular complexity index is 756. The lowest BCUT2D eigenvalue weighted by Crippen LogP contribution is -2.14. The highest BCUT2D eigenvalue weighted by molar-refractivity contribution is 7.99. The standard InChI is InChI=1S/C21H29NO4S/c1-4-6-8-15(5-2)14-26-19(23)11-12-27-18-10-7-9-17-20(18)16(13-22-17)21(24)25-3/h7,9-10,13,15,22H,4-6,8,11-12,14H2,1-3H3. The fraction of sp³-hybridized carbons (Fsp3) is 0.524. The first-order chi connectivity index (χ1) is 13.1. The number of unbranched alkanes of at least 4 members (excludes halogenated alkanes) is 1. The van der Waals surface area contributed by atoms with Gasteiger partial charge in [-0.15, -0.1) is 11.8 Å². The zero-order valence-corrected chi connectivity index (χ0v) is 17.2. The summed E-state index contributed by atoms with van der Waals surface area (Å²) in [6.45, 7) is 4.83. The van der Waals surface area contributed by atoms with Gasteiger partial charge in [0.2, 0.25) is 0 Å². The molecule has 27 heavy (non-hydrogen) atoms. The first kappa shape index (κ1) is 21.4. The van der Waals surface area contributed by atoms with Crippen LogP contribution in [0.2, 0.25) is 0 Å². The van der Waals surface area contributed by atoms with E-state index < -0.39 is 0 Å². The lowest BCUT2D eigenvalue weighted by atomic mass is 10.0. The topological polar surface area (TPSA) is 68.4 Å². The van der Waals surface area contributed by atoms with Crippen molar-refractivity contribution >= 4 is 34.6 Å². The summed E-state index contributed by atoms with van der Waals surface area (Å²) in [6, 6.07) is 5.80. The van der Waals surface area contributed by atoms with Gasteiger partial charge in [-0.25, -0.2) is 4.79 Å². The number of esters is 2. The Hall–Kier alpha value is -1.95. The smallest absolute Gasteiger partial charge is 0.340 e. The van der Waals surface area contributed by atoms with Crippen molar-refractivity contribution in [2.75, 3.05) is 19.5 Å². The normalized spacial score (nSPS) is 12.1. The number of hydrogen-bond donors (Lipinski definition) is 1. The second-order valence-electron chi connectivity index (χ2n) is 6.57. The Balaban J connectivity index is 1.89. The molecule has 1 aromatic heterocycles. The number of carbonyl (C=O) groups is 2. The third kappa shape index (κ3) is 6.03. The number of fused-ring (bicyclic) bond motifs is 1. The molecule has 0 aliphatic rings. The first-order valence-electron chi connectivity index (χ1n) is 9.57. The zero-order chi connectivity index (χ0) is 19.6.